The third kappa shape index (κ3) is 6.60. The number of hydrogen-bond acceptors (Lipinski definition) is 7. The minimum absolute atomic E-state index is 0.0918. The van der Waals surface area contributed by atoms with Crippen LogP contribution in [0.3, 0.4) is 0 Å². The minimum atomic E-state index is -3.22. The number of fused-ring (bicyclic) bond motifs is 1. The van der Waals surface area contributed by atoms with Crippen LogP contribution in [0.5, 0.6) is 5.75 Å². The molecule has 3 aromatic rings. The summed E-state index contributed by atoms with van der Waals surface area (Å²) in [5.41, 5.74) is 2.55. The van der Waals surface area contributed by atoms with Gasteiger partial charge in [0.1, 0.15) is 18.0 Å². The van der Waals surface area contributed by atoms with E-state index in [0.717, 1.165) is 11.1 Å². The van der Waals surface area contributed by atoms with Crippen LogP contribution in [0.2, 0.25) is 18.6 Å². The Labute approximate surface area is 235 Å². The number of aliphatic hydroxyl groups excluding tert-OH is 2. The molecule has 2 heterocycles. The van der Waals surface area contributed by atoms with E-state index in [9.17, 15) is 15.0 Å². The summed E-state index contributed by atoms with van der Waals surface area (Å²) >= 11 is 0. The number of hydrogen-bond donors (Lipinski definition) is 3. The number of amides is 1. The molecule has 0 bridgehead atoms. The molecule has 1 aliphatic heterocycles. The molecule has 2 aromatic carbocycles. The molecular weight excluding hydrogens is 531 g/mol. The molecule has 3 N–H and O–H groups in total. The Morgan fingerprint density at radius 3 is 2.60 bits per heavy atom. The lowest BCUT2D eigenvalue weighted by Gasteiger charge is -2.43. The van der Waals surface area contributed by atoms with Crippen molar-refractivity contribution in [1.82, 2.24) is 15.0 Å². The first-order valence-corrected chi connectivity index (χ1v) is 16.6. The van der Waals surface area contributed by atoms with Crippen molar-refractivity contribution in [3.8, 4) is 5.75 Å². The topological polar surface area (TPSA) is 119 Å². The number of halogens is 1. The van der Waals surface area contributed by atoms with Gasteiger partial charge in [0.25, 0.3) is 5.91 Å². The van der Waals surface area contributed by atoms with Gasteiger partial charge < -0.3 is 29.1 Å². The van der Waals surface area contributed by atoms with Gasteiger partial charge in [-0.25, -0.2) is 0 Å². The van der Waals surface area contributed by atoms with Crippen molar-refractivity contribution in [3.63, 3.8) is 0 Å². The zero-order chi connectivity index (χ0) is 29.0. The fourth-order valence-corrected chi connectivity index (χ4v) is 7.48. The monoisotopic (exact) mass is 570 g/mol. The third-order valence-electron chi connectivity index (χ3n) is 7.72. The molecule has 1 aliphatic rings. The summed E-state index contributed by atoms with van der Waals surface area (Å²) in [5, 5.41) is 30.8. The van der Waals surface area contributed by atoms with Crippen LogP contribution in [-0.2, 0) is 16.1 Å². The van der Waals surface area contributed by atoms with Gasteiger partial charge in [0, 0.05) is 42.6 Å². The fraction of sp³-hybridized carbons (Fsp3) is 0.483. The van der Waals surface area contributed by atoms with Crippen LogP contribution in [0.4, 0.5) is 9.80 Å². The number of nitrogens with zero attached hydrogens (tertiary/aromatic N) is 3. The summed E-state index contributed by atoms with van der Waals surface area (Å²) in [6.45, 7) is 7.15. The molecule has 6 atom stereocenters. The maximum Gasteiger partial charge on any atom is 0.252 e. The molecule has 40 heavy (non-hydrogen) atoms. The Bertz CT molecular complexity index is 1280. The van der Waals surface area contributed by atoms with Gasteiger partial charge in [-0.15, -0.1) is 5.10 Å². The molecule has 9 nitrogen and oxygen atoms in total. The normalized spacial score (nSPS) is 21.1. The van der Waals surface area contributed by atoms with E-state index >= 15 is 4.11 Å². The SMILES string of the molecule is CO[C@H]1c2cc(NC(=O)[C@H](C)O)ccc2O[C@@H](C(CCn2cc(C(CO)c3ccccc3)nn2)[Si](C)(C)F)[C@@H]1C. The van der Waals surface area contributed by atoms with Gasteiger partial charge in [-0.1, -0.05) is 42.5 Å². The molecule has 0 saturated carbocycles. The Balaban J connectivity index is 1.53. The van der Waals surface area contributed by atoms with Crippen molar-refractivity contribution < 1.29 is 28.6 Å². The number of nitrogens with one attached hydrogen (secondary N) is 1. The number of aliphatic hydroxyl groups is 2. The smallest absolute Gasteiger partial charge is 0.252 e. The highest BCUT2D eigenvalue weighted by molar-refractivity contribution is 6.72. The quantitative estimate of drug-likeness (QED) is 0.230. The van der Waals surface area contributed by atoms with Gasteiger partial charge >= 0.3 is 0 Å². The van der Waals surface area contributed by atoms with Gasteiger partial charge in [0.2, 0.25) is 8.41 Å². The standard InChI is InChI=1S/C29H39FN4O5Si/c1-18-27(38-3)22-15-21(31-29(37)19(2)36)11-12-25(22)39-28(18)26(40(4,5)30)13-14-34-16-24(32-33-34)23(17-35)20-9-7-6-8-10-20/h6-12,15-16,18-19,23,26-28,35-36H,13-14,17H2,1-5H3,(H,31,37)/t18-,19+,23?,26?,27-,28-/m1/s1. The largest absolute Gasteiger partial charge is 0.490 e. The van der Waals surface area contributed by atoms with Crippen LogP contribution in [0.1, 0.15) is 49.1 Å². The number of rotatable bonds is 11. The second-order valence-electron chi connectivity index (χ2n) is 11.0. The number of carbonyl (C=O) groups excluding carboxylic acids is 1. The van der Waals surface area contributed by atoms with E-state index in [-0.39, 0.29) is 30.1 Å². The predicted molar refractivity (Wildman–Crippen MR) is 152 cm³/mol. The van der Waals surface area contributed by atoms with Crippen LogP contribution in [0, 0.1) is 5.92 Å². The zero-order valence-electron chi connectivity index (χ0n) is 23.6. The zero-order valence-corrected chi connectivity index (χ0v) is 24.6. The van der Waals surface area contributed by atoms with E-state index in [4.69, 9.17) is 9.47 Å². The number of benzene rings is 2. The number of aromatic nitrogens is 3. The van der Waals surface area contributed by atoms with Crippen molar-refractivity contribution in [3.05, 3.63) is 71.5 Å². The number of ether oxygens (including phenoxy) is 2. The highest BCUT2D eigenvalue weighted by Gasteiger charge is 2.47. The van der Waals surface area contributed by atoms with Gasteiger partial charge in [0.05, 0.1) is 24.3 Å². The molecule has 4 rings (SSSR count). The summed E-state index contributed by atoms with van der Waals surface area (Å²) in [7, 11) is -1.61. The Kier molecular flexibility index (Phi) is 9.39. The maximum atomic E-state index is 15.9. The Hall–Kier alpha value is -3.12. The molecule has 0 fully saturated rings. The summed E-state index contributed by atoms with van der Waals surface area (Å²) in [5.74, 6) is -0.373. The van der Waals surface area contributed by atoms with Crippen molar-refractivity contribution in [2.24, 2.45) is 5.92 Å². The molecule has 2 unspecified atom stereocenters. The summed E-state index contributed by atoms with van der Waals surface area (Å²) in [6, 6.07) is 14.9. The summed E-state index contributed by atoms with van der Waals surface area (Å²) < 4.78 is 29.9. The highest BCUT2D eigenvalue weighted by Crippen LogP contribution is 2.48. The average Bonchev–Trinajstić information content (AvgIpc) is 3.38. The van der Waals surface area contributed by atoms with Crippen molar-refractivity contribution in [2.45, 2.75) is 69.7 Å². The predicted octanol–water partition coefficient (Wildman–Crippen LogP) is 4.44. The van der Waals surface area contributed by atoms with Crippen molar-refractivity contribution in [1.29, 1.82) is 0 Å². The molecule has 0 saturated heterocycles. The fourth-order valence-electron chi connectivity index (χ4n) is 5.51. The van der Waals surface area contributed by atoms with Crippen LogP contribution in [0.25, 0.3) is 0 Å². The van der Waals surface area contributed by atoms with E-state index in [1.807, 2.05) is 43.5 Å². The number of aryl methyl sites for hydroxylation is 1. The number of anilines is 1. The average molecular weight is 571 g/mol. The Morgan fingerprint density at radius 1 is 1.25 bits per heavy atom. The lowest BCUT2D eigenvalue weighted by atomic mass is 9.86. The van der Waals surface area contributed by atoms with E-state index in [1.54, 1.807) is 43.1 Å². The molecule has 1 aromatic heterocycles. The molecule has 0 radical (unpaired) electrons. The first-order chi connectivity index (χ1) is 19.0. The van der Waals surface area contributed by atoms with Gasteiger partial charge in [0.15, 0.2) is 0 Å². The molecule has 1 amide bonds. The van der Waals surface area contributed by atoms with Crippen LogP contribution in [-0.4, -0.2) is 65.4 Å². The van der Waals surface area contributed by atoms with E-state index in [1.165, 1.54) is 6.92 Å². The minimum Gasteiger partial charge on any atom is -0.490 e. The second-order valence-corrected chi connectivity index (χ2v) is 14.9. The van der Waals surface area contributed by atoms with Crippen LogP contribution >= 0.6 is 0 Å². The van der Waals surface area contributed by atoms with Crippen LogP contribution < -0.4 is 10.1 Å². The number of carbonyl (C=O) groups is 1. The van der Waals surface area contributed by atoms with Gasteiger partial charge in [-0.05, 0) is 50.2 Å². The first-order valence-electron chi connectivity index (χ1n) is 13.6. The van der Waals surface area contributed by atoms with Crippen molar-refractivity contribution >= 4 is 20.0 Å². The molecule has 0 spiro atoms. The lowest BCUT2D eigenvalue weighted by Crippen LogP contribution is -2.46. The summed E-state index contributed by atoms with van der Waals surface area (Å²) in [6.07, 6.45) is 0.376. The van der Waals surface area contributed by atoms with E-state index < -0.39 is 26.5 Å². The summed E-state index contributed by atoms with van der Waals surface area (Å²) in [4.78, 5) is 12.0. The van der Waals surface area contributed by atoms with Crippen LogP contribution in [0.15, 0.2) is 54.7 Å². The molecule has 216 valence electrons. The maximum absolute atomic E-state index is 15.9. The van der Waals surface area contributed by atoms with Crippen molar-refractivity contribution in [2.75, 3.05) is 19.0 Å². The molecule has 0 aliphatic carbocycles. The lowest BCUT2D eigenvalue weighted by molar-refractivity contribution is -0.123. The molecular formula is C29H39FN4O5Si. The number of methoxy groups -OCH3 is 1. The van der Waals surface area contributed by atoms with Gasteiger partial charge in [-0.3, -0.25) is 9.48 Å². The van der Waals surface area contributed by atoms with E-state index in [0.29, 0.717) is 30.1 Å². The Morgan fingerprint density at radius 2 is 1.98 bits per heavy atom. The third-order valence-corrected chi connectivity index (χ3v) is 10.1. The highest BCUT2D eigenvalue weighted by atomic mass is 28.4. The van der Waals surface area contributed by atoms with E-state index in [2.05, 4.69) is 15.6 Å². The second kappa shape index (κ2) is 12.6. The first kappa shape index (κ1) is 29.8. The van der Waals surface area contributed by atoms with Gasteiger partial charge in [-0.2, -0.15) is 0 Å². The molecule has 11 heteroatoms.